The van der Waals surface area contributed by atoms with Gasteiger partial charge in [0, 0.05) is 12.7 Å². The molecule has 0 N–H and O–H groups in total. The summed E-state index contributed by atoms with van der Waals surface area (Å²) in [6.07, 6.45) is -5.61. The fraction of sp³-hybridized carbons (Fsp3) is 0.625. The molecule has 0 saturated carbocycles. The van der Waals surface area contributed by atoms with E-state index in [1.165, 1.54) is 20.9 Å². The van der Waals surface area contributed by atoms with Gasteiger partial charge in [-0.3, -0.25) is 4.68 Å². The van der Waals surface area contributed by atoms with Crippen LogP contribution in [0.15, 0.2) is 0 Å². The summed E-state index contributed by atoms with van der Waals surface area (Å²) < 4.78 is 63.0. The van der Waals surface area contributed by atoms with Crippen molar-refractivity contribution in [1.82, 2.24) is 9.78 Å². The van der Waals surface area contributed by atoms with E-state index in [4.69, 9.17) is 0 Å². The highest BCUT2D eigenvalue weighted by Crippen LogP contribution is 2.44. The molecule has 0 aromatic carbocycles. The second-order valence-electron chi connectivity index (χ2n) is 3.25. The molecule has 0 spiro atoms. The average molecular weight is 228 g/mol. The zero-order valence-electron chi connectivity index (χ0n) is 8.28. The first-order chi connectivity index (χ1) is 6.59. The van der Waals surface area contributed by atoms with Gasteiger partial charge in [0.1, 0.15) is 5.69 Å². The van der Waals surface area contributed by atoms with Crippen molar-refractivity contribution < 1.29 is 22.0 Å². The Morgan fingerprint density at radius 2 is 1.53 bits per heavy atom. The summed E-state index contributed by atoms with van der Waals surface area (Å²) in [6.45, 7) is 2.62. The summed E-state index contributed by atoms with van der Waals surface area (Å²) in [7, 11) is 1.32. The first kappa shape index (κ1) is 11.9. The Labute approximate surface area is 82.7 Å². The maximum Gasteiger partial charge on any atom is 0.459 e. The minimum Gasteiger partial charge on any atom is -0.272 e. The second kappa shape index (κ2) is 3.18. The largest absolute Gasteiger partial charge is 0.459 e. The van der Waals surface area contributed by atoms with Gasteiger partial charge >= 0.3 is 12.1 Å². The van der Waals surface area contributed by atoms with Crippen molar-refractivity contribution in [3.63, 3.8) is 0 Å². The van der Waals surface area contributed by atoms with Gasteiger partial charge in [-0.2, -0.15) is 27.1 Å². The molecule has 0 aliphatic carbocycles. The van der Waals surface area contributed by atoms with Crippen molar-refractivity contribution in [3.8, 4) is 0 Å². The molecule has 0 aliphatic rings. The van der Waals surface area contributed by atoms with E-state index in [2.05, 4.69) is 5.10 Å². The van der Waals surface area contributed by atoms with E-state index in [0.29, 0.717) is 0 Å². The van der Waals surface area contributed by atoms with Crippen molar-refractivity contribution in [2.45, 2.75) is 25.9 Å². The molecule has 0 radical (unpaired) electrons. The molecule has 0 bridgehead atoms. The first-order valence-corrected chi connectivity index (χ1v) is 4.04. The molecule has 2 nitrogen and oxygen atoms in total. The van der Waals surface area contributed by atoms with Gasteiger partial charge in [-0.05, 0) is 19.4 Å². The lowest BCUT2D eigenvalue weighted by Gasteiger charge is -2.17. The summed E-state index contributed by atoms with van der Waals surface area (Å²) in [5.41, 5.74) is -1.08. The first-order valence-electron chi connectivity index (χ1n) is 4.04. The summed E-state index contributed by atoms with van der Waals surface area (Å²) in [5, 5.41) is 3.19. The summed E-state index contributed by atoms with van der Waals surface area (Å²) in [5.74, 6) is -4.90. The lowest BCUT2D eigenvalue weighted by Crippen LogP contribution is -2.34. The molecule has 1 aromatic heterocycles. The minimum absolute atomic E-state index is 0.139. The van der Waals surface area contributed by atoms with E-state index in [-0.39, 0.29) is 11.3 Å². The monoisotopic (exact) mass is 228 g/mol. The Morgan fingerprint density at radius 1 is 1.07 bits per heavy atom. The number of nitrogens with zero attached hydrogens (tertiary/aromatic N) is 2. The molecule has 1 heterocycles. The zero-order chi connectivity index (χ0) is 12.0. The molecule has 86 valence electrons. The van der Waals surface area contributed by atoms with Gasteiger partial charge in [0.05, 0.1) is 0 Å². The molecule has 0 amide bonds. The number of aromatic nitrogens is 2. The molecule has 0 unspecified atom stereocenters. The topological polar surface area (TPSA) is 17.8 Å². The standard InChI is InChI=1S/C8H9F5N2/c1-4-5(2)15(3)14-6(4)7(9,10)8(11,12)13/h1-3H3. The third-order valence-corrected chi connectivity index (χ3v) is 2.29. The smallest absolute Gasteiger partial charge is 0.272 e. The molecule has 15 heavy (non-hydrogen) atoms. The lowest BCUT2D eigenvalue weighted by atomic mass is 10.1. The number of alkyl halides is 5. The van der Waals surface area contributed by atoms with Gasteiger partial charge in [-0.15, -0.1) is 0 Å². The molecule has 0 aliphatic heterocycles. The van der Waals surface area contributed by atoms with Crippen LogP contribution >= 0.6 is 0 Å². The van der Waals surface area contributed by atoms with Crippen LogP contribution in [0.2, 0.25) is 0 Å². The van der Waals surface area contributed by atoms with Crippen molar-refractivity contribution in [2.24, 2.45) is 7.05 Å². The van der Waals surface area contributed by atoms with Gasteiger partial charge in [0.25, 0.3) is 0 Å². The number of rotatable bonds is 1. The number of hydrogen-bond acceptors (Lipinski definition) is 1. The Bertz CT molecular complexity index is 377. The highest BCUT2D eigenvalue weighted by molar-refractivity contribution is 5.28. The van der Waals surface area contributed by atoms with Gasteiger partial charge in [-0.1, -0.05) is 0 Å². The number of aryl methyl sites for hydroxylation is 1. The normalized spacial score (nSPS) is 13.3. The highest BCUT2D eigenvalue weighted by atomic mass is 19.4. The molecular formula is C8H9F5N2. The highest BCUT2D eigenvalue weighted by Gasteiger charge is 2.61. The Kier molecular flexibility index (Phi) is 2.53. The maximum atomic E-state index is 12.9. The maximum absolute atomic E-state index is 12.9. The van der Waals surface area contributed by atoms with Crippen LogP contribution in [-0.4, -0.2) is 16.0 Å². The van der Waals surface area contributed by atoms with Gasteiger partial charge < -0.3 is 0 Å². The molecular weight excluding hydrogens is 219 g/mol. The summed E-state index contributed by atoms with van der Waals surface area (Å²) in [4.78, 5) is 0. The fourth-order valence-electron chi connectivity index (χ4n) is 1.15. The number of hydrogen-bond donors (Lipinski definition) is 0. The van der Waals surface area contributed by atoms with Crippen LogP contribution in [0.25, 0.3) is 0 Å². The predicted molar refractivity (Wildman–Crippen MR) is 42.6 cm³/mol. The average Bonchev–Trinajstić information content (AvgIpc) is 2.31. The van der Waals surface area contributed by atoms with Crippen LogP contribution in [-0.2, 0) is 13.0 Å². The quantitative estimate of drug-likeness (QED) is 0.676. The van der Waals surface area contributed by atoms with Gasteiger partial charge in [0.2, 0.25) is 0 Å². The zero-order valence-corrected chi connectivity index (χ0v) is 8.28. The van der Waals surface area contributed by atoms with E-state index >= 15 is 0 Å². The SMILES string of the molecule is Cc1c(C(F)(F)C(F)(F)F)nn(C)c1C. The van der Waals surface area contributed by atoms with Crippen LogP contribution in [0.4, 0.5) is 22.0 Å². The Hall–Kier alpha value is -1.14. The molecule has 0 atom stereocenters. The van der Waals surface area contributed by atoms with Crippen molar-refractivity contribution >= 4 is 0 Å². The van der Waals surface area contributed by atoms with Crippen LogP contribution in [0, 0.1) is 13.8 Å². The fourth-order valence-corrected chi connectivity index (χ4v) is 1.15. The summed E-state index contributed by atoms with van der Waals surface area (Å²) >= 11 is 0. The molecule has 1 aromatic rings. The third kappa shape index (κ3) is 1.70. The predicted octanol–water partition coefficient (Wildman–Crippen LogP) is 2.69. The van der Waals surface area contributed by atoms with E-state index in [1.807, 2.05) is 0 Å². The third-order valence-electron chi connectivity index (χ3n) is 2.29. The van der Waals surface area contributed by atoms with Crippen molar-refractivity contribution in [1.29, 1.82) is 0 Å². The van der Waals surface area contributed by atoms with E-state index in [1.54, 1.807) is 0 Å². The van der Waals surface area contributed by atoms with E-state index < -0.39 is 17.8 Å². The minimum atomic E-state index is -5.61. The van der Waals surface area contributed by atoms with Gasteiger partial charge in [0.15, 0.2) is 0 Å². The second-order valence-corrected chi connectivity index (χ2v) is 3.25. The number of halogens is 5. The van der Waals surface area contributed by atoms with Crippen LogP contribution in [0.1, 0.15) is 17.0 Å². The lowest BCUT2D eigenvalue weighted by molar-refractivity contribution is -0.291. The molecule has 7 heteroatoms. The Morgan fingerprint density at radius 3 is 1.80 bits per heavy atom. The van der Waals surface area contributed by atoms with Crippen LogP contribution < -0.4 is 0 Å². The van der Waals surface area contributed by atoms with Crippen molar-refractivity contribution in [3.05, 3.63) is 17.0 Å². The van der Waals surface area contributed by atoms with Gasteiger partial charge in [-0.25, -0.2) is 0 Å². The van der Waals surface area contributed by atoms with Crippen LogP contribution in [0.5, 0.6) is 0 Å². The van der Waals surface area contributed by atoms with E-state index in [0.717, 1.165) is 4.68 Å². The molecule has 1 rings (SSSR count). The van der Waals surface area contributed by atoms with E-state index in [9.17, 15) is 22.0 Å². The van der Waals surface area contributed by atoms with Crippen LogP contribution in [0.3, 0.4) is 0 Å². The summed E-state index contributed by atoms with van der Waals surface area (Å²) in [6, 6.07) is 0. The Balaban J connectivity index is 3.34. The molecule has 0 fully saturated rings. The van der Waals surface area contributed by atoms with Crippen molar-refractivity contribution in [2.75, 3.05) is 0 Å². The molecule has 0 saturated heterocycles.